The van der Waals surface area contributed by atoms with Gasteiger partial charge in [-0.1, -0.05) is 24.3 Å². The summed E-state index contributed by atoms with van der Waals surface area (Å²) in [5, 5.41) is 15.8. The molecule has 0 saturated heterocycles. The number of carbonyl (C=O) groups is 2. The smallest absolute Gasteiger partial charge is 0.272 e. The molecule has 2 amide bonds. The van der Waals surface area contributed by atoms with Crippen molar-refractivity contribution < 1.29 is 19.1 Å². The summed E-state index contributed by atoms with van der Waals surface area (Å²) in [5.74, 6) is 0.866. The van der Waals surface area contributed by atoms with Crippen LogP contribution in [0.5, 0.6) is 11.5 Å². The van der Waals surface area contributed by atoms with Crippen molar-refractivity contribution in [3.8, 4) is 28.7 Å². The number of rotatable bonds is 7. The number of anilines is 1. The lowest BCUT2D eigenvalue weighted by molar-refractivity contribution is -0.120. The van der Waals surface area contributed by atoms with E-state index in [9.17, 15) is 9.59 Å². The number of amides is 2. The van der Waals surface area contributed by atoms with Crippen LogP contribution in [-0.4, -0.2) is 50.5 Å². The molecule has 11 nitrogen and oxygen atoms in total. The van der Waals surface area contributed by atoms with Gasteiger partial charge < -0.3 is 20.5 Å². The zero-order chi connectivity index (χ0) is 25.2. The minimum absolute atomic E-state index is 0.172. The van der Waals surface area contributed by atoms with Gasteiger partial charge in [-0.15, -0.1) is 5.10 Å². The molecule has 0 spiro atoms. The van der Waals surface area contributed by atoms with Gasteiger partial charge in [0, 0.05) is 23.5 Å². The molecule has 2 aromatic carbocycles. The zero-order valence-electron chi connectivity index (χ0n) is 19.6. The SMILES string of the molecule is COc1cccc(-c2cnnc(-n3nc(C)c4c3NC(=O)C[C@H]4c3cccc(OCC(N)=O)c3)n2)c1. The summed E-state index contributed by atoms with van der Waals surface area (Å²) in [7, 11) is 1.60. The second-order valence-corrected chi connectivity index (χ2v) is 8.27. The number of nitrogens with two attached hydrogens (primary N) is 1. The third kappa shape index (κ3) is 4.45. The Morgan fingerprint density at radius 2 is 2.00 bits per heavy atom. The van der Waals surface area contributed by atoms with Gasteiger partial charge in [-0.05, 0) is 36.8 Å². The number of benzene rings is 2. The first-order valence-electron chi connectivity index (χ1n) is 11.2. The molecule has 3 heterocycles. The quantitative estimate of drug-likeness (QED) is 0.405. The summed E-state index contributed by atoms with van der Waals surface area (Å²) in [6, 6.07) is 14.7. The van der Waals surface area contributed by atoms with E-state index in [2.05, 4.69) is 25.6 Å². The summed E-state index contributed by atoms with van der Waals surface area (Å²) >= 11 is 0. The second kappa shape index (κ2) is 9.45. The molecule has 0 radical (unpaired) electrons. The molecule has 3 N–H and O–H groups in total. The Hall–Kier alpha value is -4.80. The minimum atomic E-state index is -0.568. The lowest BCUT2D eigenvalue weighted by Crippen LogP contribution is -2.25. The molecule has 1 aliphatic rings. The van der Waals surface area contributed by atoms with Gasteiger partial charge in [0.05, 0.1) is 24.7 Å². The maximum atomic E-state index is 12.7. The van der Waals surface area contributed by atoms with Gasteiger partial charge >= 0.3 is 0 Å². The van der Waals surface area contributed by atoms with Crippen LogP contribution in [-0.2, 0) is 9.59 Å². The molecule has 11 heteroatoms. The number of aromatic nitrogens is 5. The average molecular weight is 486 g/mol. The predicted octanol–water partition coefficient (Wildman–Crippen LogP) is 2.38. The lowest BCUT2D eigenvalue weighted by Gasteiger charge is -2.24. The van der Waals surface area contributed by atoms with E-state index >= 15 is 0 Å². The molecule has 36 heavy (non-hydrogen) atoms. The highest BCUT2D eigenvalue weighted by Gasteiger charge is 2.33. The van der Waals surface area contributed by atoms with Crippen molar-refractivity contribution in [1.82, 2.24) is 25.0 Å². The van der Waals surface area contributed by atoms with Crippen LogP contribution in [0.25, 0.3) is 17.2 Å². The third-order valence-electron chi connectivity index (χ3n) is 5.85. The molecule has 4 aromatic rings. The molecule has 0 aliphatic carbocycles. The summed E-state index contributed by atoms with van der Waals surface area (Å²) < 4.78 is 12.3. The Morgan fingerprint density at radius 3 is 2.81 bits per heavy atom. The summed E-state index contributed by atoms with van der Waals surface area (Å²) in [6.45, 7) is 1.64. The largest absolute Gasteiger partial charge is 0.497 e. The van der Waals surface area contributed by atoms with Crippen LogP contribution < -0.4 is 20.5 Å². The number of ether oxygens (including phenoxy) is 2. The average Bonchev–Trinajstić information content (AvgIpc) is 3.23. The minimum Gasteiger partial charge on any atom is -0.497 e. The molecular weight excluding hydrogens is 462 g/mol. The maximum absolute atomic E-state index is 12.7. The number of aryl methyl sites for hydroxylation is 1. The van der Waals surface area contributed by atoms with Crippen molar-refractivity contribution in [2.45, 2.75) is 19.3 Å². The summed E-state index contributed by atoms with van der Waals surface area (Å²) in [5.41, 5.74) is 8.99. The van der Waals surface area contributed by atoms with E-state index < -0.39 is 5.91 Å². The summed E-state index contributed by atoms with van der Waals surface area (Å²) in [6.07, 6.45) is 1.78. The normalized spacial score (nSPS) is 14.6. The number of nitrogens with one attached hydrogen (secondary N) is 1. The maximum Gasteiger partial charge on any atom is 0.272 e. The predicted molar refractivity (Wildman–Crippen MR) is 130 cm³/mol. The van der Waals surface area contributed by atoms with Crippen LogP contribution >= 0.6 is 0 Å². The van der Waals surface area contributed by atoms with Crippen LogP contribution in [0.2, 0.25) is 0 Å². The second-order valence-electron chi connectivity index (χ2n) is 8.27. The first kappa shape index (κ1) is 23.0. The molecule has 1 atom stereocenters. The van der Waals surface area contributed by atoms with Gasteiger partial charge in [0.15, 0.2) is 6.61 Å². The van der Waals surface area contributed by atoms with E-state index in [4.69, 9.17) is 15.2 Å². The Kier molecular flexibility index (Phi) is 6.03. The fraction of sp³-hybridized carbons (Fsp3) is 0.200. The van der Waals surface area contributed by atoms with Gasteiger partial charge in [0.25, 0.3) is 11.9 Å². The lowest BCUT2D eigenvalue weighted by atomic mass is 9.86. The van der Waals surface area contributed by atoms with Crippen LogP contribution in [0.1, 0.15) is 29.2 Å². The number of nitrogens with zero attached hydrogens (tertiary/aromatic N) is 5. The summed E-state index contributed by atoms with van der Waals surface area (Å²) in [4.78, 5) is 28.5. The van der Waals surface area contributed by atoms with Crippen molar-refractivity contribution in [2.24, 2.45) is 5.73 Å². The number of carbonyl (C=O) groups excluding carboxylic acids is 2. The van der Waals surface area contributed by atoms with Gasteiger partial charge in [-0.2, -0.15) is 14.9 Å². The van der Waals surface area contributed by atoms with Crippen LogP contribution in [0, 0.1) is 6.92 Å². The highest BCUT2D eigenvalue weighted by molar-refractivity contribution is 5.95. The third-order valence-corrected chi connectivity index (χ3v) is 5.85. The van der Waals surface area contributed by atoms with Gasteiger partial charge in [-0.25, -0.2) is 4.98 Å². The van der Waals surface area contributed by atoms with Crippen LogP contribution in [0.4, 0.5) is 5.82 Å². The van der Waals surface area contributed by atoms with E-state index in [1.54, 1.807) is 25.4 Å². The monoisotopic (exact) mass is 485 g/mol. The fourth-order valence-corrected chi connectivity index (χ4v) is 4.26. The molecule has 2 aromatic heterocycles. The van der Waals surface area contributed by atoms with Crippen LogP contribution in [0.3, 0.4) is 0 Å². The molecule has 182 valence electrons. The van der Waals surface area contributed by atoms with E-state index in [1.165, 1.54) is 4.68 Å². The Morgan fingerprint density at radius 1 is 1.19 bits per heavy atom. The van der Waals surface area contributed by atoms with Crippen molar-refractivity contribution in [1.29, 1.82) is 0 Å². The van der Waals surface area contributed by atoms with Crippen molar-refractivity contribution in [2.75, 3.05) is 19.0 Å². The van der Waals surface area contributed by atoms with Gasteiger partial charge in [0.2, 0.25) is 5.91 Å². The van der Waals surface area contributed by atoms with E-state index in [0.717, 1.165) is 16.7 Å². The molecule has 5 rings (SSSR count). The zero-order valence-corrected chi connectivity index (χ0v) is 19.6. The van der Waals surface area contributed by atoms with Crippen molar-refractivity contribution in [3.63, 3.8) is 0 Å². The van der Waals surface area contributed by atoms with Gasteiger partial charge in [0.1, 0.15) is 17.3 Å². The Labute approximate surface area is 206 Å². The molecule has 0 unspecified atom stereocenters. The highest BCUT2D eigenvalue weighted by Crippen LogP contribution is 2.40. The molecule has 0 saturated carbocycles. The van der Waals surface area contributed by atoms with E-state index in [-0.39, 0.29) is 30.8 Å². The van der Waals surface area contributed by atoms with E-state index in [0.29, 0.717) is 28.7 Å². The molecular formula is C25H23N7O4. The van der Waals surface area contributed by atoms with Crippen molar-refractivity contribution >= 4 is 17.6 Å². The number of fused-ring (bicyclic) bond motifs is 1. The molecule has 0 fully saturated rings. The standard InChI is InChI=1S/C25H23N7O4/c1-14-23-19(15-5-3-8-18(9-15)36-13-21(26)33)11-22(34)29-24(23)32(31-14)25-28-20(12-27-30-25)16-6-4-7-17(10-16)35-2/h3-10,12,19H,11,13H2,1-2H3,(H2,26,33)(H,29,34)/t19-/m0/s1. The van der Waals surface area contributed by atoms with Crippen molar-refractivity contribution in [3.05, 3.63) is 71.5 Å². The number of hydrogen-bond donors (Lipinski definition) is 2. The number of primary amides is 1. The van der Waals surface area contributed by atoms with Crippen LogP contribution in [0.15, 0.2) is 54.7 Å². The topological polar surface area (TPSA) is 147 Å². The number of methoxy groups -OCH3 is 1. The van der Waals surface area contributed by atoms with Gasteiger partial charge in [-0.3, -0.25) is 9.59 Å². The number of hydrogen-bond acceptors (Lipinski definition) is 8. The van der Waals surface area contributed by atoms with E-state index in [1.807, 2.05) is 43.3 Å². The molecule has 0 bridgehead atoms. The molecule has 1 aliphatic heterocycles. The first-order chi connectivity index (χ1) is 17.4. The first-order valence-corrected chi connectivity index (χ1v) is 11.2. The Balaban J connectivity index is 1.54. The highest BCUT2D eigenvalue weighted by atomic mass is 16.5. The Bertz CT molecular complexity index is 1470. The fourth-order valence-electron chi connectivity index (χ4n) is 4.26.